The van der Waals surface area contributed by atoms with Crippen LogP contribution >= 0.6 is 22.7 Å². The molecule has 1 aliphatic rings. The van der Waals surface area contributed by atoms with E-state index in [1.54, 1.807) is 22.7 Å². The van der Waals surface area contributed by atoms with Gasteiger partial charge in [-0.2, -0.15) is 11.3 Å². The van der Waals surface area contributed by atoms with Gasteiger partial charge in [0.25, 0.3) is 0 Å². The molecular weight excluding hydrogens is 262 g/mol. The zero-order valence-corrected chi connectivity index (χ0v) is 11.6. The van der Waals surface area contributed by atoms with Crippen molar-refractivity contribution in [2.75, 3.05) is 0 Å². The molecule has 94 valence electrons. The van der Waals surface area contributed by atoms with Gasteiger partial charge in [0.1, 0.15) is 0 Å². The summed E-state index contributed by atoms with van der Waals surface area (Å²) in [6, 6.07) is 6.25. The minimum atomic E-state index is 0.0318. The highest BCUT2D eigenvalue weighted by molar-refractivity contribution is 7.10. The first-order chi connectivity index (χ1) is 8.84. The van der Waals surface area contributed by atoms with Crippen molar-refractivity contribution in [2.24, 2.45) is 5.92 Å². The van der Waals surface area contributed by atoms with Gasteiger partial charge in [0.2, 0.25) is 5.91 Å². The Labute approximate surface area is 115 Å². The highest BCUT2D eigenvalue weighted by atomic mass is 32.1. The van der Waals surface area contributed by atoms with Crippen LogP contribution in [0.25, 0.3) is 0 Å². The highest BCUT2D eigenvalue weighted by Crippen LogP contribution is 2.31. The molecule has 0 radical (unpaired) electrons. The Morgan fingerprint density at radius 2 is 2.22 bits per heavy atom. The summed E-state index contributed by atoms with van der Waals surface area (Å²) in [5, 5.41) is 9.44. The van der Waals surface area contributed by atoms with Crippen molar-refractivity contribution in [1.82, 2.24) is 5.32 Å². The van der Waals surface area contributed by atoms with Gasteiger partial charge in [-0.25, -0.2) is 0 Å². The predicted molar refractivity (Wildman–Crippen MR) is 76.0 cm³/mol. The van der Waals surface area contributed by atoms with Crippen molar-refractivity contribution >= 4 is 28.6 Å². The topological polar surface area (TPSA) is 29.1 Å². The molecule has 1 fully saturated rings. The van der Waals surface area contributed by atoms with E-state index >= 15 is 0 Å². The SMILES string of the molecule is O=C(NC(c1ccsc1)c1cccs1)C1CCC1. The summed E-state index contributed by atoms with van der Waals surface area (Å²) in [5.74, 6) is 0.456. The van der Waals surface area contributed by atoms with Crippen LogP contribution in [-0.2, 0) is 4.79 Å². The summed E-state index contributed by atoms with van der Waals surface area (Å²) in [6.45, 7) is 0. The lowest BCUT2D eigenvalue weighted by Gasteiger charge is -2.27. The second-order valence-corrected chi connectivity index (χ2v) is 6.40. The fourth-order valence-corrected chi connectivity index (χ4v) is 3.63. The van der Waals surface area contributed by atoms with Crippen LogP contribution in [0.2, 0.25) is 0 Å². The molecule has 0 bridgehead atoms. The van der Waals surface area contributed by atoms with Crippen molar-refractivity contribution in [1.29, 1.82) is 0 Å². The summed E-state index contributed by atoms with van der Waals surface area (Å²) >= 11 is 3.37. The molecule has 4 heteroatoms. The van der Waals surface area contributed by atoms with Gasteiger partial charge in [0.15, 0.2) is 0 Å². The van der Waals surface area contributed by atoms with Crippen LogP contribution in [0.1, 0.15) is 35.7 Å². The molecule has 1 aliphatic carbocycles. The van der Waals surface area contributed by atoms with E-state index in [9.17, 15) is 4.79 Å². The van der Waals surface area contributed by atoms with Gasteiger partial charge >= 0.3 is 0 Å². The zero-order valence-electron chi connectivity index (χ0n) is 9.96. The molecular formula is C14H15NOS2. The van der Waals surface area contributed by atoms with Crippen molar-refractivity contribution in [3.63, 3.8) is 0 Å². The van der Waals surface area contributed by atoms with Gasteiger partial charge in [-0.1, -0.05) is 12.5 Å². The molecule has 2 aromatic heterocycles. The second kappa shape index (κ2) is 5.24. The second-order valence-electron chi connectivity index (χ2n) is 4.64. The van der Waals surface area contributed by atoms with Gasteiger partial charge in [0.05, 0.1) is 6.04 Å². The van der Waals surface area contributed by atoms with Crippen LogP contribution in [0.4, 0.5) is 0 Å². The Morgan fingerprint density at radius 3 is 2.78 bits per heavy atom. The Balaban J connectivity index is 1.79. The monoisotopic (exact) mass is 277 g/mol. The van der Waals surface area contributed by atoms with Crippen LogP contribution in [0, 0.1) is 5.92 Å². The van der Waals surface area contributed by atoms with Crippen molar-refractivity contribution < 1.29 is 4.79 Å². The molecule has 0 spiro atoms. The first kappa shape index (κ1) is 11.9. The minimum absolute atomic E-state index is 0.0318. The van der Waals surface area contributed by atoms with Gasteiger partial charge in [-0.05, 0) is 46.7 Å². The highest BCUT2D eigenvalue weighted by Gasteiger charge is 2.28. The van der Waals surface area contributed by atoms with E-state index in [-0.39, 0.29) is 17.9 Å². The quantitative estimate of drug-likeness (QED) is 0.904. The molecule has 0 saturated heterocycles. The third kappa shape index (κ3) is 2.35. The number of thiophene rings is 2. The largest absolute Gasteiger partial charge is 0.344 e. The van der Waals surface area contributed by atoms with E-state index in [1.165, 1.54) is 16.9 Å². The molecule has 1 amide bonds. The maximum atomic E-state index is 12.1. The average molecular weight is 277 g/mol. The number of amides is 1. The minimum Gasteiger partial charge on any atom is -0.344 e. The van der Waals surface area contributed by atoms with Crippen molar-refractivity contribution in [2.45, 2.75) is 25.3 Å². The Kier molecular flexibility index (Phi) is 3.48. The normalized spacial score (nSPS) is 17.1. The molecule has 2 nitrogen and oxygen atoms in total. The van der Waals surface area contributed by atoms with E-state index < -0.39 is 0 Å². The fraction of sp³-hybridized carbons (Fsp3) is 0.357. The molecule has 3 rings (SSSR count). The van der Waals surface area contributed by atoms with Crippen LogP contribution in [0.3, 0.4) is 0 Å². The summed E-state index contributed by atoms with van der Waals surface area (Å²) in [6.07, 6.45) is 3.29. The third-order valence-electron chi connectivity index (χ3n) is 3.47. The molecule has 1 atom stereocenters. The first-order valence-corrected chi connectivity index (χ1v) is 8.03. The standard InChI is InChI=1S/C14H15NOS2/c16-14(10-3-1-4-10)15-13(11-6-8-17-9-11)12-5-2-7-18-12/h2,5-10,13H,1,3-4H2,(H,15,16). The number of carbonyl (C=O) groups is 1. The summed E-state index contributed by atoms with van der Waals surface area (Å²) in [7, 11) is 0. The van der Waals surface area contributed by atoms with E-state index in [1.807, 2.05) is 6.07 Å². The van der Waals surface area contributed by atoms with E-state index in [2.05, 4.69) is 33.6 Å². The molecule has 0 aromatic carbocycles. The first-order valence-electron chi connectivity index (χ1n) is 6.20. The van der Waals surface area contributed by atoms with E-state index in [0.29, 0.717) is 0 Å². The summed E-state index contributed by atoms with van der Waals surface area (Å²) in [4.78, 5) is 13.3. The summed E-state index contributed by atoms with van der Waals surface area (Å²) < 4.78 is 0. The molecule has 1 unspecified atom stereocenters. The fourth-order valence-electron chi connectivity index (χ4n) is 2.14. The smallest absolute Gasteiger partial charge is 0.223 e. The molecule has 1 N–H and O–H groups in total. The lowest BCUT2D eigenvalue weighted by atomic mass is 9.84. The number of carbonyl (C=O) groups excluding carboxylic acids is 1. The maximum absolute atomic E-state index is 12.1. The number of hydrogen-bond donors (Lipinski definition) is 1. The van der Waals surface area contributed by atoms with Crippen LogP contribution in [-0.4, -0.2) is 5.91 Å². The van der Waals surface area contributed by atoms with Gasteiger partial charge < -0.3 is 5.32 Å². The van der Waals surface area contributed by atoms with E-state index in [4.69, 9.17) is 0 Å². The Hall–Kier alpha value is -1.13. The molecule has 2 heterocycles. The number of hydrogen-bond acceptors (Lipinski definition) is 3. The van der Waals surface area contributed by atoms with Crippen molar-refractivity contribution in [3.05, 3.63) is 44.8 Å². The van der Waals surface area contributed by atoms with Gasteiger partial charge in [-0.3, -0.25) is 4.79 Å². The predicted octanol–water partition coefficient (Wildman–Crippen LogP) is 3.82. The average Bonchev–Trinajstić information content (AvgIpc) is 2.97. The molecule has 18 heavy (non-hydrogen) atoms. The third-order valence-corrected chi connectivity index (χ3v) is 5.11. The lowest BCUT2D eigenvalue weighted by molar-refractivity contribution is -0.127. The number of nitrogens with one attached hydrogen (secondary N) is 1. The van der Waals surface area contributed by atoms with Crippen molar-refractivity contribution in [3.8, 4) is 0 Å². The maximum Gasteiger partial charge on any atom is 0.223 e. The molecule has 2 aromatic rings. The molecule has 0 aliphatic heterocycles. The van der Waals surface area contributed by atoms with E-state index in [0.717, 1.165) is 12.8 Å². The van der Waals surface area contributed by atoms with Crippen LogP contribution in [0.15, 0.2) is 34.3 Å². The van der Waals surface area contributed by atoms with Crippen LogP contribution < -0.4 is 5.32 Å². The zero-order chi connectivity index (χ0) is 12.4. The summed E-state index contributed by atoms with van der Waals surface area (Å²) in [5.41, 5.74) is 1.19. The van der Waals surface area contributed by atoms with Crippen LogP contribution in [0.5, 0.6) is 0 Å². The molecule has 1 saturated carbocycles. The number of rotatable bonds is 4. The van der Waals surface area contributed by atoms with Gasteiger partial charge in [-0.15, -0.1) is 11.3 Å². The van der Waals surface area contributed by atoms with Gasteiger partial charge in [0, 0.05) is 10.8 Å². The Bertz CT molecular complexity index is 466. The lowest BCUT2D eigenvalue weighted by Crippen LogP contribution is -2.37. The Morgan fingerprint density at radius 1 is 1.33 bits per heavy atom.